The number of hydrogen-bond acceptors (Lipinski definition) is 6. The van der Waals surface area contributed by atoms with Gasteiger partial charge in [-0.2, -0.15) is 0 Å². The number of benzene rings is 2. The maximum atomic E-state index is 12.0. The van der Waals surface area contributed by atoms with Crippen LogP contribution in [-0.4, -0.2) is 37.7 Å². The lowest BCUT2D eigenvalue weighted by Gasteiger charge is -2.13. The van der Waals surface area contributed by atoms with Crippen LogP contribution >= 0.6 is 0 Å². The van der Waals surface area contributed by atoms with Crippen LogP contribution in [0, 0.1) is 0 Å². The Balaban J connectivity index is 2.00. The van der Waals surface area contributed by atoms with E-state index in [2.05, 4.69) is 5.32 Å². The molecular formula is C21H23NO6. The number of rotatable bonds is 8. The van der Waals surface area contributed by atoms with Gasteiger partial charge < -0.3 is 24.6 Å². The lowest BCUT2D eigenvalue weighted by atomic mass is 10.1. The molecule has 0 aliphatic rings. The summed E-state index contributed by atoms with van der Waals surface area (Å²) in [5.41, 5.74) is 1.66. The maximum absolute atomic E-state index is 12.0. The highest BCUT2D eigenvalue weighted by molar-refractivity contribution is 5.92. The summed E-state index contributed by atoms with van der Waals surface area (Å²) in [4.78, 5) is 23.3. The minimum absolute atomic E-state index is 0.188. The van der Waals surface area contributed by atoms with Crippen molar-refractivity contribution in [1.82, 2.24) is 5.32 Å². The number of nitrogens with one attached hydrogen (secondary N) is 1. The first-order valence-electron chi connectivity index (χ1n) is 8.61. The fourth-order valence-corrected chi connectivity index (χ4v) is 2.46. The van der Waals surface area contributed by atoms with Crippen LogP contribution in [0.4, 0.5) is 0 Å². The van der Waals surface area contributed by atoms with Gasteiger partial charge in [0.05, 0.1) is 14.2 Å². The molecule has 2 N–H and O–H groups in total. The van der Waals surface area contributed by atoms with Crippen LogP contribution in [0.5, 0.6) is 23.0 Å². The second-order valence-electron chi connectivity index (χ2n) is 5.89. The highest BCUT2D eigenvalue weighted by Crippen LogP contribution is 2.39. The topological polar surface area (TPSA) is 94.1 Å². The molecule has 2 aromatic carbocycles. The first-order chi connectivity index (χ1) is 13.4. The molecule has 0 spiro atoms. The number of hydrogen-bond donors (Lipinski definition) is 2. The van der Waals surface area contributed by atoms with Crippen molar-refractivity contribution in [2.24, 2.45) is 0 Å². The fourth-order valence-electron chi connectivity index (χ4n) is 2.46. The number of phenols is 1. The summed E-state index contributed by atoms with van der Waals surface area (Å²) in [5, 5.41) is 12.1. The van der Waals surface area contributed by atoms with Gasteiger partial charge in [0.15, 0.2) is 11.5 Å². The molecule has 2 rings (SSSR count). The van der Waals surface area contributed by atoms with Gasteiger partial charge in [0.2, 0.25) is 11.7 Å². The van der Waals surface area contributed by atoms with E-state index in [1.807, 2.05) is 0 Å². The molecule has 0 bridgehead atoms. The van der Waals surface area contributed by atoms with Gasteiger partial charge in [0.25, 0.3) is 0 Å². The molecule has 0 unspecified atom stereocenters. The molecule has 7 heteroatoms. The van der Waals surface area contributed by atoms with Gasteiger partial charge in [0.1, 0.15) is 5.75 Å². The molecule has 0 fully saturated rings. The Hall–Kier alpha value is -3.48. The van der Waals surface area contributed by atoms with Crippen molar-refractivity contribution in [3.63, 3.8) is 0 Å². The predicted molar refractivity (Wildman–Crippen MR) is 105 cm³/mol. The summed E-state index contributed by atoms with van der Waals surface area (Å²) < 4.78 is 15.6. The Morgan fingerprint density at radius 2 is 1.68 bits per heavy atom. The molecule has 28 heavy (non-hydrogen) atoms. The Morgan fingerprint density at radius 1 is 1.07 bits per heavy atom. The third kappa shape index (κ3) is 6.05. The molecular weight excluding hydrogens is 362 g/mol. The summed E-state index contributed by atoms with van der Waals surface area (Å²) in [6.07, 6.45) is 3.66. The van der Waals surface area contributed by atoms with Crippen molar-refractivity contribution < 1.29 is 28.9 Å². The van der Waals surface area contributed by atoms with E-state index in [0.717, 1.165) is 5.56 Å². The molecule has 0 aromatic heterocycles. The lowest BCUT2D eigenvalue weighted by molar-refractivity contribution is -0.132. The molecule has 2 aromatic rings. The van der Waals surface area contributed by atoms with Crippen LogP contribution in [0.3, 0.4) is 0 Å². The standard InChI is InChI=1S/C21H23NO6/c1-14(23)28-21-18(26-2)12-16(13-19(21)27-3)6-9-20(25)22-11-10-15-4-7-17(24)8-5-15/h4-9,12-13,24H,10-11H2,1-3H3,(H,22,25)/b9-6+. The number of esters is 1. The molecule has 0 atom stereocenters. The summed E-state index contributed by atoms with van der Waals surface area (Å²) in [6.45, 7) is 1.75. The van der Waals surface area contributed by atoms with E-state index in [1.54, 1.807) is 42.5 Å². The largest absolute Gasteiger partial charge is 0.508 e. The van der Waals surface area contributed by atoms with Gasteiger partial charge in [-0.3, -0.25) is 9.59 Å². The van der Waals surface area contributed by atoms with Crippen molar-refractivity contribution in [3.8, 4) is 23.0 Å². The van der Waals surface area contributed by atoms with Gasteiger partial charge in [-0.25, -0.2) is 0 Å². The van der Waals surface area contributed by atoms with E-state index >= 15 is 0 Å². The van der Waals surface area contributed by atoms with Gasteiger partial charge in [-0.1, -0.05) is 12.1 Å². The number of carbonyl (C=O) groups is 2. The first-order valence-corrected chi connectivity index (χ1v) is 8.61. The van der Waals surface area contributed by atoms with Crippen LogP contribution in [0.1, 0.15) is 18.1 Å². The Morgan fingerprint density at radius 3 is 2.21 bits per heavy atom. The molecule has 1 amide bonds. The summed E-state index contributed by atoms with van der Waals surface area (Å²) in [7, 11) is 2.90. The highest BCUT2D eigenvalue weighted by atomic mass is 16.6. The number of aromatic hydroxyl groups is 1. The van der Waals surface area contributed by atoms with E-state index < -0.39 is 5.97 Å². The van der Waals surface area contributed by atoms with Crippen molar-refractivity contribution >= 4 is 18.0 Å². The third-order valence-corrected chi connectivity index (χ3v) is 3.81. The Kier molecular flexibility index (Phi) is 7.45. The Bertz CT molecular complexity index is 833. The van der Waals surface area contributed by atoms with Gasteiger partial charge >= 0.3 is 5.97 Å². The molecule has 0 heterocycles. The van der Waals surface area contributed by atoms with Crippen LogP contribution in [0.15, 0.2) is 42.5 Å². The average molecular weight is 385 g/mol. The highest BCUT2D eigenvalue weighted by Gasteiger charge is 2.15. The third-order valence-electron chi connectivity index (χ3n) is 3.81. The Labute approximate surface area is 163 Å². The molecule has 0 saturated carbocycles. The minimum atomic E-state index is -0.493. The first kappa shape index (κ1) is 20.8. The maximum Gasteiger partial charge on any atom is 0.308 e. The van der Waals surface area contributed by atoms with E-state index in [0.29, 0.717) is 30.0 Å². The van der Waals surface area contributed by atoms with Crippen LogP contribution < -0.4 is 19.5 Å². The van der Waals surface area contributed by atoms with Crippen molar-refractivity contribution in [3.05, 3.63) is 53.6 Å². The van der Waals surface area contributed by atoms with Crippen LogP contribution in [-0.2, 0) is 16.0 Å². The summed E-state index contributed by atoms with van der Waals surface area (Å²) in [6, 6.07) is 10.1. The number of methoxy groups -OCH3 is 2. The molecule has 7 nitrogen and oxygen atoms in total. The zero-order chi connectivity index (χ0) is 20.5. The lowest BCUT2D eigenvalue weighted by Crippen LogP contribution is -2.23. The molecule has 148 valence electrons. The van der Waals surface area contributed by atoms with Gasteiger partial charge in [-0.15, -0.1) is 0 Å². The second-order valence-corrected chi connectivity index (χ2v) is 5.89. The summed E-state index contributed by atoms with van der Waals surface area (Å²) >= 11 is 0. The van der Waals surface area contributed by atoms with E-state index in [4.69, 9.17) is 14.2 Å². The normalized spacial score (nSPS) is 10.5. The zero-order valence-electron chi connectivity index (χ0n) is 16.0. The monoisotopic (exact) mass is 385 g/mol. The quantitative estimate of drug-likeness (QED) is 0.412. The molecule has 0 aliphatic carbocycles. The van der Waals surface area contributed by atoms with Gasteiger partial charge in [0, 0.05) is 19.5 Å². The van der Waals surface area contributed by atoms with Crippen LogP contribution in [0.25, 0.3) is 6.08 Å². The number of amides is 1. The van der Waals surface area contributed by atoms with Gasteiger partial charge in [-0.05, 0) is 47.9 Å². The fraction of sp³-hybridized carbons (Fsp3) is 0.238. The summed E-state index contributed by atoms with van der Waals surface area (Å²) in [5.74, 6) is 0.298. The number of phenolic OH excluding ortho intramolecular Hbond substituents is 1. The number of ether oxygens (including phenoxy) is 3. The van der Waals surface area contributed by atoms with Crippen molar-refractivity contribution in [1.29, 1.82) is 0 Å². The minimum Gasteiger partial charge on any atom is -0.508 e. The number of carbonyl (C=O) groups excluding carboxylic acids is 2. The SMILES string of the molecule is COc1cc(/C=C/C(=O)NCCc2ccc(O)cc2)cc(OC)c1OC(C)=O. The predicted octanol–water partition coefficient (Wildman–Crippen LogP) is 2.71. The van der Waals surface area contributed by atoms with Crippen LogP contribution in [0.2, 0.25) is 0 Å². The molecule has 0 radical (unpaired) electrons. The zero-order valence-corrected chi connectivity index (χ0v) is 16.0. The van der Waals surface area contributed by atoms with Crippen molar-refractivity contribution in [2.75, 3.05) is 20.8 Å². The van der Waals surface area contributed by atoms with E-state index in [9.17, 15) is 14.7 Å². The second kappa shape index (κ2) is 10.0. The molecule has 0 aliphatic heterocycles. The van der Waals surface area contributed by atoms with E-state index in [-0.39, 0.29) is 17.4 Å². The average Bonchev–Trinajstić information content (AvgIpc) is 2.68. The molecule has 0 saturated heterocycles. The van der Waals surface area contributed by atoms with E-state index in [1.165, 1.54) is 27.2 Å². The smallest absolute Gasteiger partial charge is 0.308 e. The van der Waals surface area contributed by atoms with Crippen molar-refractivity contribution in [2.45, 2.75) is 13.3 Å².